The van der Waals surface area contributed by atoms with E-state index in [9.17, 15) is 4.79 Å². The van der Waals surface area contributed by atoms with Crippen molar-refractivity contribution in [3.8, 4) is 0 Å². The van der Waals surface area contributed by atoms with Crippen molar-refractivity contribution in [3.05, 3.63) is 21.6 Å². The summed E-state index contributed by atoms with van der Waals surface area (Å²) in [6.07, 6.45) is 1.20. The topological polar surface area (TPSA) is 78.0 Å². The first kappa shape index (κ1) is 7.04. The lowest BCUT2D eigenvalue weighted by Crippen LogP contribution is -2.10. The van der Waals surface area contributed by atoms with E-state index < -0.39 is 5.56 Å². The Morgan fingerprint density at radius 2 is 2.50 bits per heavy atom. The first-order chi connectivity index (χ1) is 4.75. The van der Waals surface area contributed by atoms with Gasteiger partial charge in [0.25, 0.3) is 5.56 Å². The number of nitrogens with one attached hydrogen (secondary N) is 2. The van der Waals surface area contributed by atoms with Crippen molar-refractivity contribution in [2.75, 3.05) is 5.48 Å². The molecule has 0 aliphatic rings. The highest BCUT2D eigenvalue weighted by molar-refractivity contribution is 6.32. The number of halogens is 1. The molecule has 0 fully saturated rings. The predicted molar refractivity (Wildman–Crippen MR) is 35.3 cm³/mol. The number of nitrogens with zero attached hydrogens (tertiary/aromatic N) is 1. The van der Waals surface area contributed by atoms with Gasteiger partial charge >= 0.3 is 0 Å². The van der Waals surface area contributed by atoms with Crippen molar-refractivity contribution in [3.63, 3.8) is 0 Å². The Morgan fingerprint density at radius 3 is 3.00 bits per heavy atom. The number of anilines is 1. The minimum absolute atomic E-state index is 0.0883. The molecular formula is C4H4ClN3O2. The monoisotopic (exact) mass is 161 g/mol. The molecule has 0 saturated heterocycles. The van der Waals surface area contributed by atoms with Crippen molar-refractivity contribution >= 4 is 17.3 Å². The van der Waals surface area contributed by atoms with Gasteiger partial charge in [0.2, 0.25) is 0 Å². The molecule has 1 aromatic heterocycles. The maximum absolute atomic E-state index is 10.6. The first-order valence-corrected chi connectivity index (χ1v) is 2.77. The van der Waals surface area contributed by atoms with E-state index >= 15 is 0 Å². The van der Waals surface area contributed by atoms with Gasteiger partial charge in [0, 0.05) is 0 Å². The van der Waals surface area contributed by atoms with Crippen LogP contribution in [0.3, 0.4) is 0 Å². The second kappa shape index (κ2) is 2.68. The largest absolute Gasteiger partial charge is 0.291 e. The molecule has 0 saturated carbocycles. The maximum atomic E-state index is 10.6. The zero-order chi connectivity index (χ0) is 7.56. The van der Waals surface area contributed by atoms with Crippen LogP contribution in [0.15, 0.2) is 11.0 Å². The van der Waals surface area contributed by atoms with E-state index in [0.29, 0.717) is 0 Å². The fourth-order valence-corrected chi connectivity index (χ4v) is 0.595. The normalized spacial score (nSPS) is 9.40. The van der Waals surface area contributed by atoms with Crippen LogP contribution in [-0.4, -0.2) is 15.4 Å². The fraction of sp³-hybridized carbons (Fsp3) is 0. The third-order valence-corrected chi connectivity index (χ3v) is 1.29. The highest BCUT2D eigenvalue weighted by Crippen LogP contribution is 2.12. The highest BCUT2D eigenvalue weighted by Gasteiger charge is 2.01. The van der Waals surface area contributed by atoms with Crippen LogP contribution < -0.4 is 11.0 Å². The molecule has 10 heavy (non-hydrogen) atoms. The lowest BCUT2D eigenvalue weighted by atomic mass is 10.5. The summed E-state index contributed by atoms with van der Waals surface area (Å²) >= 11 is 5.39. The Morgan fingerprint density at radius 1 is 1.80 bits per heavy atom. The molecule has 0 bridgehead atoms. The molecular weight excluding hydrogens is 158 g/mol. The van der Waals surface area contributed by atoms with Crippen LogP contribution in [0.25, 0.3) is 0 Å². The van der Waals surface area contributed by atoms with Crippen molar-refractivity contribution in [1.29, 1.82) is 0 Å². The molecule has 0 aromatic carbocycles. The van der Waals surface area contributed by atoms with E-state index in [1.165, 1.54) is 6.20 Å². The van der Waals surface area contributed by atoms with Gasteiger partial charge in [0.05, 0.1) is 6.20 Å². The first-order valence-electron chi connectivity index (χ1n) is 2.39. The molecule has 1 heterocycles. The SMILES string of the molecule is O=c1[nH]ncc(NO)c1Cl. The van der Waals surface area contributed by atoms with Gasteiger partial charge in [0.1, 0.15) is 10.7 Å². The van der Waals surface area contributed by atoms with E-state index in [4.69, 9.17) is 16.8 Å². The van der Waals surface area contributed by atoms with Gasteiger partial charge in [-0.15, -0.1) is 0 Å². The van der Waals surface area contributed by atoms with Crippen molar-refractivity contribution in [1.82, 2.24) is 10.2 Å². The van der Waals surface area contributed by atoms with Crippen LogP contribution in [0.2, 0.25) is 5.02 Å². The number of hydrogen-bond acceptors (Lipinski definition) is 4. The molecule has 0 aliphatic heterocycles. The Bertz CT molecular complexity index is 284. The lowest BCUT2D eigenvalue weighted by Gasteiger charge is -1.96. The Labute approximate surface area is 60.6 Å². The summed E-state index contributed by atoms with van der Waals surface area (Å²) in [6.45, 7) is 0. The molecule has 1 aromatic rings. The van der Waals surface area contributed by atoms with Gasteiger partial charge in [-0.2, -0.15) is 5.10 Å². The summed E-state index contributed by atoms with van der Waals surface area (Å²) in [5.41, 5.74) is 1.27. The van der Waals surface area contributed by atoms with Crippen LogP contribution in [-0.2, 0) is 0 Å². The molecule has 1 rings (SSSR count). The number of aromatic amines is 1. The smallest absolute Gasteiger partial charge is 0.285 e. The standard InChI is InChI=1S/C4H4ClN3O2/c5-3-2(8-10)1-6-7-4(3)9/h1,10H,(H2,7,8,9). The molecule has 0 atom stereocenters. The lowest BCUT2D eigenvalue weighted by molar-refractivity contribution is 0.388. The average molecular weight is 162 g/mol. The second-order valence-electron chi connectivity index (χ2n) is 1.54. The summed E-state index contributed by atoms with van der Waals surface area (Å²) in [7, 11) is 0. The number of hydrogen-bond donors (Lipinski definition) is 3. The van der Waals surface area contributed by atoms with Gasteiger partial charge in [-0.05, 0) is 0 Å². The third-order valence-electron chi connectivity index (χ3n) is 0.916. The fourth-order valence-electron chi connectivity index (χ4n) is 0.461. The molecule has 0 unspecified atom stereocenters. The van der Waals surface area contributed by atoms with Crippen LogP contribution in [0.5, 0.6) is 0 Å². The molecule has 0 spiro atoms. The van der Waals surface area contributed by atoms with Gasteiger partial charge in [0.15, 0.2) is 0 Å². The van der Waals surface area contributed by atoms with E-state index in [1.807, 2.05) is 0 Å². The van der Waals surface area contributed by atoms with Crippen molar-refractivity contribution in [2.45, 2.75) is 0 Å². The summed E-state index contributed by atoms with van der Waals surface area (Å²) in [6, 6.07) is 0. The number of rotatable bonds is 1. The Hall–Kier alpha value is -1.07. The third kappa shape index (κ3) is 1.09. The summed E-state index contributed by atoms with van der Waals surface area (Å²) in [4.78, 5) is 10.6. The van der Waals surface area contributed by atoms with Gasteiger partial charge in [-0.25, -0.2) is 5.10 Å². The Kier molecular flexibility index (Phi) is 1.88. The van der Waals surface area contributed by atoms with E-state index in [1.54, 1.807) is 5.48 Å². The molecule has 0 amide bonds. The maximum Gasteiger partial charge on any atom is 0.285 e. The molecule has 0 aliphatic carbocycles. The minimum Gasteiger partial charge on any atom is -0.291 e. The van der Waals surface area contributed by atoms with Gasteiger partial charge in [-0.1, -0.05) is 11.6 Å². The zero-order valence-electron chi connectivity index (χ0n) is 4.76. The summed E-state index contributed by atoms with van der Waals surface area (Å²) in [5, 5.41) is 13.7. The van der Waals surface area contributed by atoms with Crippen LogP contribution >= 0.6 is 11.6 Å². The Balaban J connectivity index is 3.28. The minimum atomic E-state index is -0.541. The van der Waals surface area contributed by atoms with E-state index in [0.717, 1.165) is 0 Å². The van der Waals surface area contributed by atoms with Crippen LogP contribution in [0.4, 0.5) is 5.69 Å². The van der Waals surface area contributed by atoms with Crippen molar-refractivity contribution < 1.29 is 5.21 Å². The average Bonchev–Trinajstić information content (AvgIpc) is 1.95. The van der Waals surface area contributed by atoms with Gasteiger partial charge < -0.3 is 0 Å². The second-order valence-corrected chi connectivity index (χ2v) is 1.92. The van der Waals surface area contributed by atoms with E-state index in [-0.39, 0.29) is 10.7 Å². The predicted octanol–water partition coefficient (Wildman–Crippen LogP) is 0.224. The number of aromatic nitrogens is 2. The molecule has 5 nitrogen and oxygen atoms in total. The zero-order valence-corrected chi connectivity index (χ0v) is 5.51. The molecule has 6 heteroatoms. The number of H-pyrrole nitrogens is 1. The quantitative estimate of drug-likeness (QED) is 0.515. The molecule has 3 N–H and O–H groups in total. The van der Waals surface area contributed by atoms with Crippen LogP contribution in [0.1, 0.15) is 0 Å². The van der Waals surface area contributed by atoms with Crippen LogP contribution in [0, 0.1) is 0 Å². The molecule has 0 radical (unpaired) electrons. The van der Waals surface area contributed by atoms with Gasteiger partial charge in [-0.3, -0.25) is 15.5 Å². The summed E-state index contributed by atoms with van der Waals surface area (Å²) < 4.78 is 0. The molecule has 54 valence electrons. The van der Waals surface area contributed by atoms with Crippen molar-refractivity contribution in [2.24, 2.45) is 0 Å². The highest BCUT2D eigenvalue weighted by atomic mass is 35.5. The summed E-state index contributed by atoms with van der Waals surface area (Å²) in [5.74, 6) is 0. The van der Waals surface area contributed by atoms with E-state index in [2.05, 4.69) is 10.2 Å².